The average molecular weight is 220 g/mol. The summed E-state index contributed by atoms with van der Waals surface area (Å²) in [4.78, 5) is 0. The highest BCUT2D eigenvalue weighted by Gasteiger charge is 2.33. The molecule has 86 valence electrons. The Morgan fingerprint density at radius 1 is 1.20 bits per heavy atom. The van der Waals surface area contributed by atoms with E-state index in [1.54, 1.807) is 6.92 Å². The molecule has 0 aliphatic rings. The third-order valence-electron chi connectivity index (χ3n) is 1.77. The van der Waals surface area contributed by atoms with Gasteiger partial charge in [0.15, 0.2) is 0 Å². The summed E-state index contributed by atoms with van der Waals surface area (Å²) in [5, 5.41) is 8.95. The van der Waals surface area contributed by atoms with Gasteiger partial charge in [0.05, 0.1) is 5.56 Å². The second-order valence-electron chi connectivity index (χ2n) is 2.70. The Kier molecular flexibility index (Phi) is 5.19. The lowest BCUT2D eigenvalue weighted by Crippen LogP contribution is -2.05. The highest BCUT2D eigenvalue weighted by molar-refractivity contribution is 5.38. The molecule has 4 heteroatoms. The third-order valence-corrected chi connectivity index (χ3v) is 1.77. The molecule has 1 rings (SSSR count). The van der Waals surface area contributed by atoms with E-state index in [-0.39, 0.29) is 0 Å². The minimum atomic E-state index is -4.48. The Morgan fingerprint density at radius 3 is 2.13 bits per heavy atom. The van der Waals surface area contributed by atoms with Crippen LogP contribution in [0.2, 0.25) is 0 Å². The van der Waals surface area contributed by atoms with Crippen LogP contribution in [0.25, 0.3) is 0 Å². The van der Waals surface area contributed by atoms with Crippen molar-refractivity contribution in [1.82, 2.24) is 0 Å². The molecule has 0 saturated carbocycles. The quantitative estimate of drug-likeness (QED) is 0.758. The number of phenols is 1. The Morgan fingerprint density at radius 2 is 1.73 bits per heavy atom. The Hall–Kier alpha value is -1.19. The predicted molar refractivity (Wildman–Crippen MR) is 53.8 cm³/mol. The van der Waals surface area contributed by atoms with Crippen molar-refractivity contribution in [1.29, 1.82) is 0 Å². The number of benzene rings is 1. The zero-order chi connectivity index (χ0) is 12.1. The topological polar surface area (TPSA) is 20.2 Å². The molecule has 0 fully saturated rings. The van der Waals surface area contributed by atoms with Gasteiger partial charge in [-0.3, -0.25) is 0 Å². The van der Waals surface area contributed by atoms with Gasteiger partial charge in [-0.05, 0) is 24.1 Å². The number of hydrogen-bond acceptors (Lipinski definition) is 1. The lowest BCUT2D eigenvalue weighted by molar-refractivity contribution is -0.138. The molecule has 0 amide bonds. The number of halogens is 3. The van der Waals surface area contributed by atoms with Gasteiger partial charge in [0.2, 0.25) is 0 Å². The highest BCUT2D eigenvalue weighted by atomic mass is 19.4. The van der Waals surface area contributed by atoms with Gasteiger partial charge in [-0.15, -0.1) is 0 Å². The van der Waals surface area contributed by atoms with Crippen LogP contribution in [-0.2, 0) is 12.6 Å². The van der Waals surface area contributed by atoms with Gasteiger partial charge in [0, 0.05) is 0 Å². The molecule has 0 heterocycles. The summed E-state index contributed by atoms with van der Waals surface area (Å²) in [5.74, 6) is -0.718. The average Bonchev–Trinajstić information content (AvgIpc) is 2.20. The number of hydrogen-bond donors (Lipinski definition) is 1. The number of rotatable bonds is 1. The van der Waals surface area contributed by atoms with E-state index in [0.29, 0.717) is 12.0 Å². The van der Waals surface area contributed by atoms with Gasteiger partial charge in [-0.2, -0.15) is 13.2 Å². The van der Waals surface area contributed by atoms with Crippen LogP contribution >= 0.6 is 0 Å². The molecule has 0 aliphatic carbocycles. The van der Waals surface area contributed by atoms with Crippen LogP contribution in [0, 0.1) is 0 Å². The van der Waals surface area contributed by atoms with Crippen molar-refractivity contribution in [2.75, 3.05) is 0 Å². The molecule has 0 aromatic heterocycles. The maximum Gasteiger partial charge on any atom is 0.419 e. The Balaban J connectivity index is 0.000000921. The molecular formula is C11H15F3O. The zero-order valence-corrected chi connectivity index (χ0v) is 9.02. The van der Waals surface area contributed by atoms with E-state index < -0.39 is 17.5 Å². The van der Waals surface area contributed by atoms with Crippen molar-refractivity contribution in [3.8, 4) is 5.75 Å². The summed E-state index contributed by atoms with van der Waals surface area (Å²) in [6.45, 7) is 5.76. The van der Waals surface area contributed by atoms with Crippen molar-refractivity contribution in [2.24, 2.45) is 0 Å². The van der Waals surface area contributed by atoms with Gasteiger partial charge in [0.25, 0.3) is 0 Å². The second kappa shape index (κ2) is 5.63. The summed E-state index contributed by atoms with van der Waals surface area (Å²) in [6, 6.07) is 3.52. The van der Waals surface area contributed by atoms with Crippen molar-refractivity contribution >= 4 is 0 Å². The molecule has 0 radical (unpaired) electrons. The van der Waals surface area contributed by atoms with Gasteiger partial charge in [-0.25, -0.2) is 0 Å². The third kappa shape index (κ3) is 3.81. The fraction of sp³-hybridized carbons (Fsp3) is 0.455. The van der Waals surface area contributed by atoms with Crippen LogP contribution in [0.15, 0.2) is 18.2 Å². The van der Waals surface area contributed by atoms with E-state index in [4.69, 9.17) is 5.11 Å². The fourth-order valence-corrected chi connectivity index (χ4v) is 1.03. The monoisotopic (exact) mass is 220 g/mol. The minimum Gasteiger partial charge on any atom is -0.507 e. The lowest BCUT2D eigenvalue weighted by Gasteiger charge is -2.09. The summed E-state index contributed by atoms with van der Waals surface area (Å²) >= 11 is 0. The predicted octanol–water partition coefficient (Wildman–Crippen LogP) is 4.00. The first-order valence-electron chi connectivity index (χ1n) is 4.84. The summed E-state index contributed by atoms with van der Waals surface area (Å²) in [7, 11) is 0. The fourth-order valence-electron chi connectivity index (χ4n) is 1.03. The van der Waals surface area contributed by atoms with Crippen LogP contribution < -0.4 is 0 Å². The molecule has 0 saturated heterocycles. The zero-order valence-electron chi connectivity index (χ0n) is 9.02. The summed E-state index contributed by atoms with van der Waals surface area (Å²) in [6.07, 6.45) is -3.96. The van der Waals surface area contributed by atoms with Crippen LogP contribution in [0.4, 0.5) is 13.2 Å². The molecule has 1 nitrogen and oxygen atoms in total. The molecule has 15 heavy (non-hydrogen) atoms. The maximum atomic E-state index is 12.2. The first-order valence-corrected chi connectivity index (χ1v) is 4.84. The molecule has 0 aliphatic heterocycles. The Bertz CT molecular complexity index is 305. The van der Waals surface area contributed by atoms with E-state index in [0.717, 1.165) is 12.1 Å². The first kappa shape index (κ1) is 13.8. The molecular weight excluding hydrogens is 205 g/mol. The van der Waals surface area contributed by atoms with Crippen LogP contribution in [0.5, 0.6) is 5.75 Å². The van der Waals surface area contributed by atoms with Gasteiger partial charge in [-0.1, -0.05) is 26.8 Å². The summed E-state index contributed by atoms with van der Waals surface area (Å²) in [5.41, 5.74) is -0.406. The maximum absolute atomic E-state index is 12.2. The number of alkyl halides is 3. The van der Waals surface area contributed by atoms with Crippen molar-refractivity contribution in [3.05, 3.63) is 29.3 Å². The highest BCUT2D eigenvalue weighted by Crippen LogP contribution is 2.35. The van der Waals surface area contributed by atoms with Crippen LogP contribution in [0.1, 0.15) is 31.9 Å². The van der Waals surface area contributed by atoms with Crippen molar-refractivity contribution < 1.29 is 18.3 Å². The smallest absolute Gasteiger partial charge is 0.419 e. The molecule has 1 N–H and O–H groups in total. The van der Waals surface area contributed by atoms with Crippen LogP contribution in [-0.4, -0.2) is 5.11 Å². The number of phenolic OH excluding ortho intramolecular Hbond substituents is 1. The van der Waals surface area contributed by atoms with Gasteiger partial charge < -0.3 is 5.11 Å². The van der Waals surface area contributed by atoms with E-state index in [1.807, 2.05) is 13.8 Å². The van der Waals surface area contributed by atoms with Crippen LogP contribution in [0.3, 0.4) is 0 Å². The Labute approximate surface area is 87.6 Å². The van der Waals surface area contributed by atoms with Gasteiger partial charge in [0.1, 0.15) is 5.75 Å². The van der Waals surface area contributed by atoms with Gasteiger partial charge >= 0.3 is 6.18 Å². The molecule has 1 aromatic rings. The standard InChI is InChI=1S/C9H9F3O.C2H6/c1-2-6-3-4-8(13)7(5-6)9(10,11)12;1-2/h3-5,13H,2H2,1H3;1-2H3. The first-order chi connectivity index (χ1) is 6.95. The van der Waals surface area contributed by atoms with E-state index >= 15 is 0 Å². The number of aryl methyl sites for hydroxylation is 1. The number of aromatic hydroxyl groups is 1. The molecule has 1 aromatic carbocycles. The van der Waals surface area contributed by atoms with Crippen molar-refractivity contribution in [2.45, 2.75) is 33.4 Å². The molecule has 0 spiro atoms. The SMILES string of the molecule is CC.CCc1ccc(O)c(C(F)(F)F)c1. The van der Waals surface area contributed by atoms with Crippen molar-refractivity contribution in [3.63, 3.8) is 0 Å². The minimum absolute atomic E-state index is 0.517. The normalized spacial score (nSPS) is 10.5. The van der Waals surface area contributed by atoms with E-state index in [9.17, 15) is 13.2 Å². The lowest BCUT2D eigenvalue weighted by atomic mass is 10.1. The second-order valence-corrected chi connectivity index (χ2v) is 2.70. The molecule has 0 bridgehead atoms. The largest absolute Gasteiger partial charge is 0.507 e. The summed E-state index contributed by atoms with van der Waals surface area (Å²) < 4.78 is 36.6. The van der Waals surface area contributed by atoms with E-state index in [2.05, 4.69) is 0 Å². The molecule has 0 unspecified atom stereocenters. The van der Waals surface area contributed by atoms with E-state index in [1.165, 1.54) is 6.07 Å². The molecule has 0 atom stereocenters.